The zero-order chi connectivity index (χ0) is 29.8. The fraction of sp³-hybridized carbons (Fsp3) is 0.360. The molecule has 1 unspecified atom stereocenters. The Labute approximate surface area is 224 Å². The van der Waals surface area contributed by atoms with Crippen molar-refractivity contribution in [2.45, 2.75) is 45.5 Å². The Morgan fingerprint density at radius 3 is 2.35 bits per heavy atom. The number of imidazole rings is 1. The van der Waals surface area contributed by atoms with Crippen LogP contribution in [0.4, 0.5) is 26.7 Å². The summed E-state index contributed by atoms with van der Waals surface area (Å²) in [6, 6.07) is 4.80. The number of rotatable bonds is 9. The van der Waals surface area contributed by atoms with Gasteiger partial charge in [-0.05, 0) is 32.4 Å². The maximum Gasteiger partial charge on any atom is 0.491 e. The number of pyridine rings is 1. The molecule has 2 heterocycles. The molecule has 0 aliphatic carbocycles. The molecule has 0 saturated heterocycles. The average molecular weight is 572 g/mol. The lowest BCUT2D eigenvalue weighted by Crippen LogP contribution is -2.54. The summed E-state index contributed by atoms with van der Waals surface area (Å²) in [5, 5.41) is 4.72. The highest BCUT2D eigenvalue weighted by Crippen LogP contribution is 2.29. The van der Waals surface area contributed by atoms with Crippen molar-refractivity contribution in [3.05, 3.63) is 59.0 Å². The van der Waals surface area contributed by atoms with Crippen molar-refractivity contribution in [1.82, 2.24) is 20.0 Å². The molecule has 0 aliphatic rings. The molecule has 0 fully saturated rings. The van der Waals surface area contributed by atoms with Crippen LogP contribution in [0, 0.1) is 18.6 Å². The van der Waals surface area contributed by atoms with Gasteiger partial charge in [-0.25, -0.2) is 23.4 Å². The first kappa shape index (κ1) is 30.1. The largest absolute Gasteiger partial charge is 0.495 e. The van der Waals surface area contributed by atoms with Crippen LogP contribution in [-0.2, 0) is 16.1 Å². The summed E-state index contributed by atoms with van der Waals surface area (Å²) in [5.74, 6) is -4.71. The van der Waals surface area contributed by atoms with Gasteiger partial charge in [-0.3, -0.25) is 9.20 Å². The number of halogens is 5. The van der Waals surface area contributed by atoms with Gasteiger partial charge in [0, 0.05) is 12.6 Å². The van der Waals surface area contributed by atoms with Crippen LogP contribution < -0.4 is 20.1 Å². The van der Waals surface area contributed by atoms with Crippen LogP contribution in [0.15, 0.2) is 30.5 Å². The Balaban J connectivity index is 1.82. The molecule has 3 aromatic rings. The van der Waals surface area contributed by atoms with Crippen LogP contribution in [0.2, 0.25) is 0 Å². The summed E-state index contributed by atoms with van der Waals surface area (Å²) in [4.78, 5) is 40.3. The fourth-order valence-corrected chi connectivity index (χ4v) is 3.55. The number of nitrogens with one attached hydrogen (secondary N) is 2. The number of alkyl carbamates (subject to hydrolysis) is 1. The molecule has 40 heavy (non-hydrogen) atoms. The second-order valence-corrected chi connectivity index (χ2v) is 8.87. The number of nitrogens with zero attached hydrogens (tertiary/aromatic N) is 2. The highest BCUT2D eigenvalue weighted by Gasteiger charge is 2.43. The number of methoxy groups -OCH3 is 1. The third-order valence-electron chi connectivity index (χ3n) is 5.96. The van der Waals surface area contributed by atoms with Gasteiger partial charge >= 0.3 is 18.2 Å². The van der Waals surface area contributed by atoms with Gasteiger partial charge in [-0.2, -0.15) is 13.2 Å². The maximum atomic E-state index is 14.1. The topological polar surface area (TPSA) is 120 Å². The number of hydrogen-bond acceptors (Lipinski definition) is 7. The first-order valence-corrected chi connectivity index (χ1v) is 11.7. The minimum atomic E-state index is -5.36. The summed E-state index contributed by atoms with van der Waals surface area (Å²) in [7, 11) is 1.35. The Morgan fingerprint density at radius 1 is 1.12 bits per heavy atom. The van der Waals surface area contributed by atoms with Crippen molar-refractivity contribution in [2.75, 3.05) is 13.7 Å². The van der Waals surface area contributed by atoms with Crippen molar-refractivity contribution in [2.24, 2.45) is 0 Å². The van der Waals surface area contributed by atoms with Crippen molar-refractivity contribution in [3.8, 4) is 11.5 Å². The van der Waals surface area contributed by atoms with Crippen LogP contribution in [-0.4, -0.2) is 52.7 Å². The molecule has 2 N–H and O–H groups in total. The van der Waals surface area contributed by atoms with E-state index in [0.717, 1.165) is 12.1 Å². The molecule has 2 amide bonds. The minimum absolute atomic E-state index is 0.0177. The van der Waals surface area contributed by atoms with Crippen molar-refractivity contribution >= 4 is 23.6 Å². The quantitative estimate of drug-likeness (QED) is 0.224. The van der Waals surface area contributed by atoms with Gasteiger partial charge in [0.05, 0.1) is 30.1 Å². The highest BCUT2D eigenvalue weighted by molar-refractivity contribution is 5.95. The van der Waals surface area contributed by atoms with Gasteiger partial charge in [-0.15, -0.1) is 0 Å². The van der Waals surface area contributed by atoms with E-state index in [9.17, 15) is 36.3 Å². The lowest BCUT2D eigenvalue weighted by atomic mass is 9.99. The number of carbonyl (C=O) groups excluding carboxylic acids is 3. The lowest BCUT2D eigenvalue weighted by molar-refractivity contribution is -0.193. The Kier molecular flexibility index (Phi) is 8.85. The molecular formula is C25H25F5N4O6. The molecule has 0 bridgehead atoms. The van der Waals surface area contributed by atoms with E-state index in [0.29, 0.717) is 0 Å². The van der Waals surface area contributed by atoms with Gasteiger partial charge in [0.25, 0.3) is 5.91 Å². The van der Waals surface area contributed by atoms with Crippen molar-refractivity contribution < 1.29 is 50.5 Å². The van der Waals surface area contributed by atoms with E-state index < -0.39 is 47.9 Å². The molecular weight excluding hydrogens is 547 g/mol. The molecule has 0 spiro atoms. The second kappa shape index (κ2) is 11.8. The molecule has 216 valence electrons. The van der Waals surface area contributed by atoms with E-state index >= 15 is 0 Å². The summed E-state index contributed by atoms with van der Waals surface area (Å²) < 4.78 is 81.3. The van der Waals surface area contributed by atoms with E-state index in [1.165, 1.54) is 43.7 Å². The SMILES string of the molecule is CCC(C)(CNC(=O)c1c(C)nc2c(OCc3c(F)cccc3F)cc(OC)cn12)NC(=O)OC(=O)C(F)(F)F. The summed E-state index contributed by atoms with van der Waals surface area (Å²) in [5.41, 5.74) is -1.24. The van der Waals surface area contributed by atoms with Crippen LogP contribution in [0.25, 0.3) is 5.65 Å². The number of aryl methyl sites for hydroxylation is 1. The predicted octanol–water partition coefficient (Wildman–Crippen LogP) is 4.22. The molecule has 15 heteroatoms. The zero-order valence-electron chi connectivity index (χ0n) is 21.7. The number of hydrogen-bond donors (Lipinski definition) is 2. The summed E-state index contributed by atoms with van der Waals surface area (Å²) >= 11 is 0. The number of ether oxygens (including phenoxy) is 3. The Morgan fingerprint density at radius 2 is 1.77 bits per heavy atom. The maximum absolute atomic E-state index is 14.1. The highest BCUT2D eigenvalue weighted by atomic mass is 19.4. The Hall–Kier alpha value is -4.43. The number of amides is 2. The third kappa shape index (κ3) is 6.76. The zero-order valence-corrected chi connectivity index (χ0v) is 21.7. The molecule has 0 radical (unpaired) electrons. The molecule has 1 aromatic carbocycles. The van der Waals surface area contributed by atoms with Gasteiger partial charge in [-0.1, -0.05) is 13.0 Å². The van der Waals surface area contributed by atoms with Gasteiger partial charge in [0.15, 0.2) is 11.4 Å². The normalized spacial score (nSPS) is 12.9. The standard InChI is InChI=1S/C25H25F5N4O6/c1-5-24(3,33-23(37)40-22(36)25(28,29)30)12-31-21(35)19-13(2)32-20-18(9-14(38-4)10-34(19)20)39-11-15-16(26)7-6-8-17(15)27/h6-10H,5,11-12H2,1-4H3,(H,31,35)(H,33,37). The molecule has 1 atom stereocenters. The van der Waals surface area contributed by atoms with Gasteiger partial charge in [0.1, 0.15) is 29.7 Å². The van der Waals surface area contributed by atoms with E-state index in [1.807, 2.05) is 0 Å². The predicted molar refractivity (Wildman–Crippen MR) is 129 cm³/mol. The van der Waals surface area contributed by atoms with Crippen LogP contribution in [0.3, 0.4) is 0 Å². The summed E-state index contributed by atoms with van der Waals surface area (Å²) in [6.07, 6.45) is -5.43. The van der Waals surface area contributed by atoms with E-state index in [-0.39, 0.29) is 47.1 Å². The summed E-state index contributed by atoms with van der Waals surface area (Å²) in [6.45, 7) is 3.77. The fourth-order valence-electron chi connectivity index (χ4n) is 3.55. The number of benzene rings is 1. The van der Waals surface area contributed by atoms with E-state index in [1.54, 1.807) is 6.92 Å². The van der Waals surface area contributed by atoms with Gasteiger partial charge < -0.3 is 24.8 Å². The van der Waals surface area contributed by atoms with E-state index in [2.05, 4.69) is 20.4 Å². The number of aromatic nitrogens is 2. The second-order valence-electron chi connectivity index (χ2n) is 8.87. The monoisotopic (exact) mass is 572 g/mol. The molecule has 0 saturated carbocycles. The lowest BCUT2D eigenvalue weighted by Gasteiger charge is -2.29. The molecule has 0 aliphatic heterocycles. The van der Waals surface area contributed by atoms with Crippen LogP contribution in [0.5, 0.6) is 11.5 Å². The molecule has 2 aromatic heterocycles. The van der Waals surface area contributed by atoms with Gasteiger partial charge in [0.2, 0.25) is 0 Å². The van der Waals surface area contributed by atoms with Crippen molar-refractivity contribution in [1.29, 1.82) is 0 Å². The van der Waals surface area contributed by atoms with Crippen LogP contribution in [0.1, 0.15) is 42.0 Å². The average Bonchev–Trinajstić information content (AvgIpc) is 3.22. The first-order valence-electron chi connectivity index (χ1n) is 11.7. The van der Waals surface area contributed by atoms with Crippen LogP contribution >= 0.6 is 0 Å². The molecule has 3 rings (SSSR count). The smallest absolute Gasteiger partial charge is 0.491 e. The Bertz CT molecular complexity index is 1420. The number of esters is 1. The number of fused-ring (bicyclic) bond motifs is 1. The molecule has 10 nitrogen and oxygen atoms in total. The van der Waals surface area contributed by atoms with Crippen molar-refractivity contribution in [3.63, 3.8) is 0 Å². The number of carbonyl (C=O) groups is 3. The number of alkyl halides is 3. The van der Waals surface area contributed by atoms with E-state index in [4.69, 9.17) is 9.47 Å². The first-order chi connectivity index (χ1) is 18.7. The third-order valence-corrected chi connectivity index (χ3v) is 5.96. The minimum Gasteiger partial charge on any atom is -0.495 e.